The van der Waals surface area contributed by atoms with E-state index in [-0.39, 0.29) is 6.10 Å². The highest BCUT2D eigenvalue weighted by Crippen LogP contribution is 2.32. The minimum Gasteiger partial charge on any atom is -0.375 e. The minimum atomic E-state index is -4.29. The zero-order chi connectivity index (χ0) is 12.3. The van der Waals surface area contributed by atoms with E-state index in [1.165, 1.54) is 12.1 Å². The third-order valence-corrected chi connectivity index (χ3v) is 2.77. The van der Waals surface area contributed by atoms with Gasteiger partial charge in [0.1, 0.15) is 0 Å². The summed E-state index contributed by atoms with van der Waals surface area (Å²) < 4.78 is 43.7. The Labute approximate surface area is 97.8 Å². The summed E-state index contributed by atoms with van der Waals surface area (Å²) in [6, 6.07) is 5.67. The molecule has 0 amide bonds. The first-order valence-corrected chi connectivity index (χ1v) is 5.55. The number of rotatable bonds is 2. The summed E-state index contributed by atoms with van der Waals surface area (Å²) in [5, 5.41) is 3.11. The highest BCUT2D eigenvalue weighted by molar-refractivity contribution is 5.30. The van der Waals surface area contributed by atoms with Crippen LogP contribution in [0.5, 0.6) is 0 Å². The summed E-state index contributed by atoms with van der Waals surface area (Å²) >= 11 is 0. The maximum atomic E-state index is 12.7. The van der Waals surface area contributed by atoms with Gasteiger partial charge in [-0.15, -0.1) is 0 Å². The van der Waals surface area contributed by atoms with E-state index < -0.39 is 11.7 Å². The van der Waals surface area contributed by atoms with Gasteiger partial charge in [-0.3, -0.25) is 0 Å². The van der Waals surface area contributed by atoms with Crippen molar-refractivity contribution in [2.45, 2.75) is 18.7 Å². The van der Waals surface area contributed by atoms with Crippen molar-refractivity contribution < 1.29 is 17.9 Å². The smallest absolute Gasteiger partial charge is 0.375 e. The number of ether oxygens (including phenoxy) is 1. The van der Waals surface area contributed by atoms with Gasteiger partial charge in [0, 0.05) is 19.5 Å². The van der Waals surface area contributed by atoms with Gasteiger partial charge in [0.2, 0.25) is 0 Å². The molecule has 0 aliphatic carbocycles. The predicted octanol–water partition coefficient (Wildman–Crippen LogP) is 2.24. The molecule has 17 heavy (non-hydrogen) atoms. The fraction of sp³-hybridized carbons (Fsp3) is 0.500. The van der Waals surface area contributed by atoms with Crippen LogP contribution in [0.4, 0.5) is 13.2 Å². The lowest BCUT2D eigenvalue weighted by molar-refractivity contribution is -0.138. The zero-order valence-corrected chi connectivity index (χ0v) is 9.26. The molecule has 0 bridgehead atoms. The highest BCUT2D eigenvalue weighted by Gasteiger charge is 2.33. The summed E-state index contributed by atoms with van der Waals surface area (Å²) in [5.74, 6) is 0. The molecule has 1 atom stereocenters. The van der Waals surface area contributed by atoms with E-state index in [1.54, 1.807) is 6.07 Å². The van der Waals surface area contributed by atoms with Gasteiger partial charge in [-0.25, -0.2) is 0 Å². The molecule has 1 aromatic carbocycles. The predicted molar refractivity (Wildman–Crippen MR) is 57.8 cm³/mol. The number of alkyl halides is 3. The SMILES string of the molecule is FC(F)(F)c1ccccc1C[C@H]1CNCCO1. The molecule has 2 rings (SSSR count). The molecule has 0 radical (unpaired) electrons. The van der Waals surface area contributed by atoms with Gasteiger partial charge in [0.25, 0.3) is 0 Å². The van der Waals surface area contributed by atoms with Crippen LogP contribution in [-0.2, 0) is 17.3 Å². The van der Waals surface area contributed by atoms with Crippen molar-refractivity contribution in [3.8, 4) is 0 Å². The Morgan fingerprint density at radius 2 is 2.06 bits per heavy atom. The summed E-state index contributed by atoms with van der Waals surface area (Å²) in [6.45, 7) is 1.92. The third-order valence-electron chi connectivity index (χ3n) is 2.77. The fourth-order valence-corrected chi connectivity index (χ4v) is 1.97. The van der Waals surface area contributed by atoms with Crippen molar-refractivity contribution in [3.05, 3.63) is 35.4 Å². The Hall–Kier alpha value is -1.07. The molecule has 5 heteroatoms. The van der Waals surface area contributed by atoms with Gasteiger partial charge in [-0.1, -0.05) is 18.2 Å². The maximum absolute atomic E-state index is 12.7. The van der Waals surface area contributed by atoms with E-state index in [2.05, 4.69) is 5.32 Å². The Balaban J connectivity index is 2.14. The number of benzene rings is 1. The first-order chi connectivity index (χ1) is 8.07. The topological polar surface area (TPSA) is 21.3 Å². The van der Waals surface area contributed by atoms with Crippen LogP contribution in [0.25, 0.3) is 0 Å². The van der Waals surface area contributed by atoms with E-state index in [1.807, 2.05) is 0 Å². The normalized spacial score (nSPS) is 21.5. The minimum absolute atomic E-state index is 0.174. The van der Waals surface area contributed by atoms with Crippen LogP contribution in [0.2, 0.25) is 0 Å². The lowest BCUT2D eigenvalue weighted by atomic mass is 10.0. The molecule has 1 N–H and O–H groups in total. The van der Waals surface area contributed by atoms with Crippen LogP contribution < -0.4 is 5.32 Å². The number of halogens is 3. The second-order valence-corrected chi connectivity index (χ2v) is 4.06. The average Bonchev–Trinajstić information content (AvgIpc) is 2.30. The molecule has 1 aromatic rings. The zero-order valence-electron chi connectivity index (χ0n) is 9.26. The van der Waals surface area contributed by atoms with E-state index >= 15 is 0 Å². The standard InChI is InChI=1S/C12H14F3NO/c13-12(14,15)11-4-2-1-3-9(11)7-10-8-16-5-6-17-10/h1-4,10,16H,5-8H2/t10-/m0/s1. The van der Waals surface area contributed by atoms with Gasteiger partial charge in [-0.05, 0) is 11.6 Å². The molecule has 0 aromatic heterocycles. The highest BCUT2D eigenvalue weighted by atomic mass is 19.4. The molecule has 1 aliphatic heterocycles. The summed E-state index contributed by atoms with van der Waals surface area (Å²) in [7, 11) is 0. The molecule has 0 spiro atoms. The molecule has 1 heterocycles. The summed E-state index contributed by atoms with van der Waals surface area (Å²) in [6.07, 6.45) is -4.17. The first kappa shape index (κ1) is 12.4. The van der Waals surface area contributed by atoms with Crippen LogP contribution in [0.15, 0.2) is 24.3 Å². The van der Waals surface area contributed by atoms with Gasteiger partial charge in [-0.2, -0.15) is 13.2 Å². The quantitative estimate of drug-likeness (QED) is 0.862. The lowest BCUT2D eigenvalue weighted by Crippen LogP contribution is -2.39. The van der Waals surface area contributed by atoms with Crippen LogP contribution >= 0.6 is 0 Å². The Kier molecular flexibility index (Phi) is 3.69. The van der Waals surface area contributed by atoms with Crippen molar-refractivity contribution in [2.75, 3.05) is 19.7 Å². The van der Waals surface area contributed by atoms with Gasteiger partial charge >= 0.3 is 6.18 Å². The van der Waals surface area contributed by atoms with Gasteiger partial charge in [0.15, 0.2) is 0 Å². The molecular weight excluding hydrogens is 231 g/mol. The second kappa shape index (κ2) is 5.06. The van der Waals surface area contributed by atoms with Crippen molar-refractivity contribution in [3.63, 3.8) is 0 Å². The van der Waals surface area contributed by atoms with E-state index in [0.29, 0.717) is 25.1 Å². The molecule has 0 unspecified atom stereocenters. The van der Waals surface area contributed by atoms with E-state index in [4.69, 9.17) is 4.74 Å². The maximum Gasteiger partial charge on any atom is 0.416 e. The van der Waals surface area contributed by atoms with E-state index in [0.717, 1.165) is 12.6 Å². The largest absolute Gasteiger partial charge is 0.416 e. The summed E-state index contributed by atoms with van der Waals surface area (Å²) in [5.41, 5.74) is -0.261. The van der Waals surface area contributed by atoms with E-state index in [9.17, 15) is 13.2 Å². The van der Waals surface area contributed by atoms with Crippen molar-refractivity contribution in [1.29, 1.82) is 0 Å². The molecule has 0 saturated carbocycles. The number of hydrogen-bond acceptors (Lipinski definition) is 2. The monoisotopic (exact) mass is 245 g/mol. The van der Waals surface area contributed by atoms with Crippen LogP contribution in [0, 0.1) is 0 Å². The first-order valence-electron chi connectivity index (χ1n) is 5.55. The number of hydrogen-bond donors (Lipinski definition) is 1. The molecular formula is C12H14F3NO. The molecule has 2 nitrogen and oxygen atoms in total. The van der Waals surface area contributed by atoms with Crippen molar-refractivity contribution in [1.82, 2.24) is 5.32 Å². The Morgan fingerprint density at radius 1 is 1.29 bits per heavy atom. The Morgan fingerprint density at radius 3 is 2.71 bits per heavy atom. The molecule has 1 aliphatic rings. The van der Waals surface area contributed by atoms with Crippen molar-refractivity contribution >= 4 is 0 Å². The molecule has 1 fully saturated rings. The average molecular weight is 245 g/mol. The van der Waals surface area contributed by atoms with Crippen LogP contribution in [0.3, 0.4) is 0 Å². The fourth-order valence-electron chi connectivity index (χ4n) is 1.97. The van der Waals surface area contributed by atoms with Gasteiger partial charge < -0.3 is 10.1 Å². The summed E-state index contributed by atoms with van der Waals surface area (Å²) in [4.78, 5) is 0. The third kappa shape index (κ3) is 3.20. The molecule has 1 saturated heterocycles. The number of nitrogens with one attached hydrogen (secondary N) is 1. The van der Waals surface area contributed by atoms with Gasteiger partial charge in [0.05, 0.1) is 18.3 Å². The molecule has 94 valence electrons. The van der Waals surface area contributed by atoms with Crippen LogP contribution in [0.1, 0.15) is 11.1 Å². The van der Waals surface area contributed by atoms with Crippen LogP contribution in [-0.4, -0.2) is 25.8 Å². The lowest BCUT2D eigenvalue weighted by Gasteiger charge is -2.24. The van der Waals surface area contributed by atoms with Crippen molar-refractivity contribution in [2.24, 2.45) is 0 Å². The second-order valence-electron chi connectivity index (χ2n) is 4.06. The number of morpholine rings is 1. The Bertz CT molecular complexity index is 372.